The number of aromatic nitrogens is 3. The molecule has 0 amide bonds. The zero-order valence-electron chi connectivity index (χ0n) is 10.7. The largest absolute Gasteiger partial charge is 0.464 e. The first-order chi connectivity index (χ1) is 9.19. The van der Waals surface area contributed by atoms with Crippen LogP contribution in [0.25, 0.3) is 0 Å². The van der Waals surface area contributed by atoms with Gasteiger partial charge in [-0.2, -0.15) is 0 Å². The van der Waals surface area contributed by atoms with Crippen LogP contribution in [0.4, 0.5) is 5.82 Å². The summed E-state index contributed by atoms with van der Waals surface area (Å²) >= 11 is 1.65. The number of anilines is 1. The summed E-state index contributed by atoms with van der Waals surface area (Å²) in [4.78, 5) is 23.6. The van der Waals surface area contributed by atoms with E-state index in [-0.39, 0.29) is 5.69 Å². The van der Waals surface area contributed by atoms with Gasteiger partial charge >= 0.3 is 5.97 Å². The van der Waals surface area contributed by atoms with E-state index in [0.29, 0.717) is 5.82 Å². The standard InChI is InChI=1S/C12H14N4O2S/c1-8-7-19-11(16-8)3-4-13-10-6-14-9(5-15-10)12(17)18-2/h5-7H,3-4H2,1-2H3,(H,13,15). The Morgan fingerprint density at radius 1 is 1.42 bits per heavy atom. The molecule has 19 heavy (non-hydrogen) atoms. The van der Waals surface area contributed by atoms with E-state index < -0.39 is 5.97 Å². The molecule has 2 aromatic rings. The van der Waals surface area contributed by atoms with Crippen molar-refractivity contribution in [1.29, 1.82) is 0 Å². The Hall–Kier alpha value is -2.02. The summed E-state index contributed by atoms with van der Waals surface area (Å²) in [6.07, 6.45) is 3.74. The third-order valence-electron chi connectivity index (χ3n) is 2.36. The minimum atomic E-state index is -0.489. The Morgan fingerprint density at radius 3 is 2.84 bits per heavy atom. The SMILES string of the molecule is COC(=O)c1cnc(NCCc2nc(C)cs2)cn1. The lowest BCUT2D eigenvalue weighted by Gasteiger charge is -2.04. The molecule has 2 aromatic heterocycles. The minimum absolute atomic E-state index is 0.198. The van der Waals surface area contributed by atoms with Gasteiger partial charge in [-0.25, -0.2) is 19.7 Å². The van der Waals surface area contributed by atoms with Gasteiger partial charge in [-0.1, -0.05) is 0 Å². The van der Waals surface area contributed by atoms with Crippen LogP contribution in [0.1, 0.15) is 21.2 Å². The molecule has 0 aliphatic carbocycles. The summed E-state index contributed by atoms with van der Waals surface area (Å²) < 4.78 is 4.55. The Labute approximate surface area is 114 Å². The van der Waals surface area contributed by atoms with E-state index in [2.05, 4.69) is 25.0 Å². The number of thiazole rings is 1. The molecule has 1 N–H and O–H groups in total. The molecule has 0 radical (unpaired) electrons. The normalized spacial score (nSPS) is 10.2. The molecule has 100 valence electrons. The van der Waals surface area contributed by atoms with E-state index in [1.165, 1.54) is 19.5 Å². The molecule has 0 aliphatic heterocycles. The molecule has 2 heterocycles. The Balaban J connectivity index is 1.84. The predicted octanol–water partition coefficient (Wildman–Crippen LogP) is 1.68. The fourth-order valence-corrected chi connectivity index (χ4v) is 2.22. The van der Waals surface area contributed by atoms with Crippen molar-refractivity contribution < 1.29 is 9.53 Å². The van der Waals surface area contributed by atoms with Crippen molar-refractivity contribution in [2.24, 2.45) is 0 Å². The quantitative estimate of drug-likeness (QED) is 0.839. The average Bonchev–Trinajstić information content (AvgIpc) is 2.84. The molecule has 0 saturated carbocycles. The molecular formula is C12H14N4O2S. The van der Waals surface area contributed by atoms with E-state index in [1.807, 2.05) is 12.3 Å². The highest BCUT2D eigenvalue weighted by Gasteiger charge is 2.07. The summed E-state index contributed by atoms with van der Waals surface area (Å²) in [7, 11) is 1.31. The molecule has 6 nitrogen and oxygen atoms in total. The molecular weight excluding hydrogens is 264 g/mol. The van der Waals surface area contributed by atoms with Crippen LogP contribution in [0, 0.1) is 6.92 Å². The van der Waals surface area contributed by atoms with Crippen LogP contribution in [0.15, 0.2) is 17.8 Å². The number of hydrogen-bond acceptors (Lipinski definition) is 7. The van der Waals surface area contributed by atoms with E-state index in [4.69, 9.17) is 0 Å². The molecule has 0 aliphatic rings. The molecule has 2 rings (SSSR count). The van der Waals surface area contributed by atoms with Gasteiger partial charge in [0.25, 0.3) is 0 Å². The molecule has 7 heteroatoms. The number of rotatable bonds is 5. The number of methoxy groups -OCH3 is 1. The first-order valence-electron chi connectivity index (χ1n) is 5.74. The minimum Gasteiger partial charge on any atom is -0.464 e. The maximum atomic E-state index is 11.2. The van der Waals surface area contributed by atoms with Gasteiger partial charge in [0, 0.05) is 24.0 Å². The van der Waals surface area contributed by atoms with E-state index in [0.717, 1.165) is 23.7 Å². The molecule has 0 saturated heterocycles. The van der Waals surface area contributed by atoms with Crippen molar-refractivity contribution in [3.63, 3.8) is 0 Å². The van der Waals surface area contributed by atoms with Crippen molar-refractivity contribution in [2.75, 3.05) is 19.0 Å². The van der Waals surface area contributed by atoms with Crippen LogP contribution in [0.2, 0.25) is 0 Å². The fourth-order valence-electron chi connectivity index (χ4n) is 1.44. The maximum Gasteiger partial charge on any atom is 0.358 e. The highest BCUT2D eigenvalue weighted by atomic mass is 32.1. The van der Waals surface area contributed by atoms with Crippen molar-refractivity contribution >= 4 is 23.1 Å². The fraction of sp³-hybridized carbons (Fsp3) is 0.333. The van der Waals surface area contributed by atoms with Crippen LogP contribution in [-0.2, 0) is 11.2 Å². The monoisotopic (exact) mass is 278 g/mol. The van der Waals surface area contributed by atoms with Crippen LogP contribution >= 0.6 is 11.3 Å². The van der Waals surface area contributed by atoms with Crippen LogP contribution in [0.5, 0.6) is 0 Å². The van der Waals surface area contributed by atoms with Crippen molar-refractivity contribution in [3.8, 4) is 0 Å². The highest BCUT2D eigenvalue weighted by Crippen LogP contribution is 2.09. The molecule has 0 atom stereocenters. The predicted molar refractivity (Wildman–Crippen MR) is 72.4 cm³/mol. The lowest BCUT2D eigenvalue weighted by molar-refractivity contribution is 0.0593. The second kappa shape index (κ2) is 6.24. The number of carbonyl (C=O) groups excluding carboxylic acids is 1. The third-order valence-corrected chi connectivity index (χ3v) is 3.38. The number of aryl methyl sites for hydroxylation is 1. The Bertz CT molecular complexity index is 553. The maximum absolute atomic E-state index is 11.2. The zero-order chi connectivity index (χ0) is 13.7. The number of ether oxygens (including phenoxy) is 1. The first-order valence-corrected chi connectivity index (χ1v) is 6.62. The number of nitrogens with one attached hydrogen (secondary N) is 1. The van der Waals surface area contributed by atoms with Crippen molar-refractivity contribution in [2.45, 2.75) is 13.3 Å². The number of esters is 1. The van der Waals surface area contributed by atoms with E-state index >= 15 is 0 Å². The number of carbonyl (C=O) groups is 1. The van der Waals surface area contributed by atoms with Gasteiger partial charge < -0.3 is 10.1 Å². The Kier molecular flexibility index (Phi) is 4.40. The summed E-state index contributed by atoms with van der Waals surface area (Å²) in [6.45, 7) is 2.70. The molecule has 0 bridgehead atoms. The number of hydrogen-bond donors (Lipinski definition) is 1. The van der Waals surface area contributed by atoms with Gasteiger partial charge in [-0.3, -0.25) is 0 Å². The lowest BCUT2D eigenvalue weighted by Crippen LogP contribution is -2.09. The third kappa shape index (κ3) is 3.72. The van der Waals surface area contributed by atoms with E-state index in [1.54, 1.807) is 11.3 Å². The highest BCUT2D eigenvalue weighted by molar-refractivity contribution is 7.09. The van der Waals surface area contributed by atoms with E-state index in [9.17, 15) is 4.79 Å². The average molecular weight is 278 g/mol. The topological polar surface area (TPSA) is 77.0 Å². The molecule has 0 spiro atoms. The molecule has 0 fully saturated rings. The summed E-state index contributed by atoms with van der Waals surface area (Å²) in [5.74, 6) is 0.137. The van der Waals surface area contributed by atoms with Crippen molar-refractivity contribution in [1.82, 2.24) is 15.0 Å². The van der Waals surface area contributed by atoms with Gasteiger partial charge in [0.05, 0.1) is 24.5 Å². The second-order valence-electron chi connectivity index (χ2n) is 3.84. The van der Waals surface area contributed by atoms with Gasteiger partial charge in [-0.05, 0) is 6.92 Å². The zero-order valence-corrected chi connectivity index (χ0v) is 11.5. The van der Waals surface area contributed by atoms with Gasteiger partial charge in [0.1, 0.15) is 5.82 Å². The molecule has 0 unspecified atom stereocenters. The van der Waals surface area contributed by atoms with Gasteiger partial charge in [-0.15, -0.1) is 11.3 Å². The summed E-state index contributed by atoms with van der Waals surface area (Å²) in [5.41, 5.74) is 1.24. The second-order valence-corrected chi connectivity index (χ2v) is 4.78. The van der Waals surface area contributed by atoms with Crippen molar-refractivity contribution in [3.05, 3.63) is 34.2 Å². The number of nitrogens with zero attached hydrogens (tertiary/aromatic N) is 3. The van der Waals surface area contributed by atoms with Crippen LogP contribution in [-0.4, -0.2) is 34.6 Å². The smallest absolute Gasteiger partial charge is 0.358 e. The van der Waals surface area contributed by atoms with Gasteiger partial charge in [0.15, 0.2) is 5.69 Å². The lowest BCUT2D eigenvalue weighted by atomic mass is 10.4. The van der Waals surface area contributed by atoms with Gasteiger partial charge in [0.2, 0.25) is 0 Å². The Morgan fingerprint density at radius 2 is 2.26 bits per heavy atom. The first kappa shape index (κ1) is 13.4. The molecule has 0 aromatic carbocycles. The van der Waals surface area contributed by atoms with Crippen LogP contribution in [0.3, 0.4) is 0 Å². The summed E-state index contributed by atoms with van der Waals surface area (Å²) in [5, 5.41) is 6.24. The van der Waals surface area contributed by atoms with Crippen LogP contribution < -0.4 is 5.32 Å². The summed E-state index contributed by atoms with van der Waals surface area (Å²) in [6, 6.07) is 0.